The number of halogens is 1. The Morgan fingerprint density at radius 1 is 1.32 bits per heavy atom. The summed E-state index contributed by atoms with van der Waals surface area (Å²) in [6.07, 6.45) is 5.33. The number of pyridine rings is 2. The Bertz CT molecular complexity index is 530. The number of ether oxygens (including phenoxy) is 1. The third-order valence-corrected chi connectivity index (χ3v) is 3.18. The molecule has 19 heavy (non-hydrogen) atoms. The second-order valence-electron chi connectivity index (χ2n) is 4.01. The molecule has 2 aromatic rings. The molecule has 0 saturated heterocycles. The van der Waals surface area contributed by atoms with Crippen LogP contribution >= 0.6 is 15.9 Å². The average Bonchev–Trinajstić information content (AvgIpc) is 2.43. The molecule has 0 aromatic carbocycles. The minimum Gasteiger partial charge on any atom is -0.492 e. The van der Waals surface area contributed by atoms with Crippen LogP contribution < -0.4 is 10.1 Å². The van der Waals surface area contributed by atoms with Gasteiger partial charge in [0.15, 0.2) is 0 Å². The van der Waals surface area contributed by atoms with Gasteiger partial charge < -0.3 is 10.1 Å². The van der Waals surface area contributed by atoms with Gasteiger partial charge >= 0.3 is 0 Å². The molecule has 0 amide bonds. The second-order valence-corrected chi connectivity index (χ2v) is 4.93. The smallest absolute Gasteiger partial charge is 0.137 e. The van der Waals surface area contributed by atoms with Gasteiger partial charge in [-0.2, -0.15) is 0 Å². The lowest BCUT2D eigenvalue weighted by atomic mass is 10.1. The van der Waals surface area contributed by atoms with Crippen molar-refractivity contribution in [1.82, 2.24) is 15.3 Å². The maximum Gasteiger partial charge on any atom is 0.137 e. The summed E-state index contributed by atoms with van der Waals surface area (Å²) in [5, 5.41) is 3.25. The van der Waals surface area contributed by atoms with E-state index in [2.05, 4.69) is 31.2 Å². The first kappa shape index (κ1) is 14.0. The van der Waals surface area contributed by atoms with E-state index in [1.165, 1.54) is 0 Å². The molecule has 0 aliphatic carbocycles. The lowest BCUT2D eigenvalue weighted by Gasteiger charge is -2.16. The van der Waals surface area contributed by atoms with Crippen LogP contribution in [0.5, 0.6) is 5.75 Å². The minimum atomic E-state index is 0.000932. The summed E-state index contributed by atoms with van der Waals surface area (Å²) < 4.78 is 6.44. The van der Waals surface area contributed by atoms with Crippen LogP contribution in [-0.4, -0.2) is 23.6 Å². The molecule has 1 unspecified atom stereocenters. The van der Waals surface area contributed by atoms with Crippen LogP contribution in [0.4, 0.5) is 0 Å². The summed E-state index contributed by atoms with van der Waals surface area (Å²) in [6, 6.07) is 5.95. The SMILES string of the molecule is CCOc1cncc(C(NC)c2ccc(Br)cn2)c1. The van der Waals surface area contributed by atoms with Gasteiger partial charge in [0.2, 0.25) is 0 Å². The number of aromatic nitrogens is 2. The fourth-order valence-corrected chi connectivity index (χ4v) is 2.12. The van der Waals surface area contributed by atoms with Crippen LogP contribution in [0.1, 0.15) is 24.2 Å². The van der Waals surface area contributed by atoms with E-state index in [-0.39, 0.29) is 6.04 Å². The van der Waals surface area contributed by atoms with Crippen LogP contribution in [0, 0.1) is 0 Å². The summed E-state index contributed by atoms with van der Waals surface area (Å²) in [5.74, 6) is 0.775. The van der Waals surface area contributed by atoms with Gasteiger partial charge in [-0.1, -0.05) is 0 Å². The van der Waals surface area contributed by atoms with Crippen molar-refractivity contribution < 1.29 is 4.74 Å². The van der Waals surface area contributed by atoms with Crippen molar-refractivity contribution in [2.45, 2.75) is 13.0 Å². The molecule has 100 valence electrons. The Hall–Kier alpha value is -1.46. The first-order valence-electron chi connectivity index (χ1n) is 6.11. The van der Waals surface area contributed by atoms with E-state index in [0.29, 0.717) is 6.61 Å². The molecule has 0 saturated carbocycles. The topological polar surface area (TPSA) is 47.0 Å². The highest BCUT2D eigenvalue weighted by molar-refractivity contribution is 9.10. The molecule has 2 rings (SSSR count). The zero-order chi connectivity index (χ0) is 13.7. The first-order chi connectivity index (χ1) is 9.24. The molecule has 1 N–H and O–H groups in total. The summed E-state index contributed by atoms with van der Waals surface area (Å²) in [5.41, 5.74) is 1.98. The van der Waals surface area contributed by atoms with Gasteiger partial charge in [0, 0.05) is 16.9 Å². The fourth-order valence-electron chi connectivity index (χ4n) is 1.88. The molecule has 0 aliphatic rings. The normalized spacial score (nSPS) is 12.2. The van der Waals surface area contributed by atoms with Crippen molar-refractivity contribution in [3.05, 3.63) is 52.5 Å². The van der Waals surface area contributed by atoms with E-state index in [1.54, 1.807) is 12.4 Å². The molecular formula is C14H16BrN3O. The zero-order valence-electron chi connectivity index (χ0n) is 10.9. The predicted octanol–water partition coefficient (Wildman–Crippen LogP) is 2.95. The molecule has 0 radical (unpaired) electrons. The highest BCUT2D eigenvalue weighted by Gasteiger charge is 2.14. The average molecular weight is 322 g/mol. The Labute approximate surface area is 121 Å². The third kappa shape index (κ3) is 3.52. The number of rotatable bonds is 5. The Morgan fingerprint density at radius 2 is 2.16 bits per heavy atom. The van der Waals surface area contributed by atoms with Crippen LogP contribution in [0.15, 0.2) is 41.3 Å². The number of nitrogens with one attached hydrogen (secondary N) is 1. The molecule has 0 spiro atoms. The summed E-state index contributed by atoms with van der Waals surface area (Å²) in [7, 11) is 1.90. The lowest BCUT2D eigenvalue weighted by Crippen LogP contribution is -2.19. The molecule has 1 atom stereocenters. The molecule has 0 fully saturated rings. The van der Waals surface area contributed by atoms with Crippen LogP contribution in [0.2, 0.25) is 0 Å². The zero-order valence-corrected chi connectivity index (χ0v) is 12.5. The summed E-state index contributed by atoms with van der Waals surface area (Å²) >= 11 is 3.39. The molecule has 4 nitrogen and oxygen atoms in total. The van der Waals surface area contributed by atoms with Crippen LogP contribution in [0.3, 0.4) is 0 Å². The van der Waals surface area contributed by atoms with Crippen LogP contribution in [0.25, 0.3) is 0 Å². The fraction of sp³-hybridized carbons (Fsp3) is 0.286. The van der Waals surface area contributed by atoms with E-state index in [9.17, 15) is 0 Å². The van der Waals surface area contributed by atoms with Crippen molar-refractivity contribution in [3.63, 3.8) is 0 Å². The van der Waals surface area contributed by atoms with Gasteiger partial charge in [0.05, 0.1) is 24.5 Å². The Balaban J connectivity index is 2.30. The maximum absolute atomic E-state index is 5.48. The van der Waals surface area contributed by atoms with E-state index in [1.807, 2.05) is 38.4 Å². The molecule has 0 aliphatic heterocycles. The van der Waals surface area contributed by atoms with Crippen molar-refractivity contribution in [1.29, 1.82) is 0 Å². The molecule has 0 bridgehead atoms. The van der Waals surface area contributed by atoms with E-state index < -0.39 is 0 Å². The second kappa shape index (κ2) is 6.63. The molecule has 2 heterocycles. The van der Waals surface area contributed by atoms with Crippen molar-refractivity contribution in [3.8, 4) is 5.75 Å². The quantitative estimate of drug-likeness (QED) is 0.919. The number of nitrogens with zero attached hydrogens (tertiary/aromatic N) is 2. The van der Waals surface area contributed by atoms with Crippen molar-refractivity contribution in [2.24, 2.45) is 0 Å². The van der Waals surface area contributed by atoms with Gasteiger partial charge in [0.25, 0.3) is 0 Å². The standard InChI is InChI=1S/C14H16BrN3O/c1-3-19-12-6-10(7-17-9-12)14(16-2)13-5-4-11(15)8-18-13/h4-9,14,16H,3H2,1-2H3. The highest BCUT2D eigenvalue weighted by atomic mass is 79.9. The lowest BCUT2D eigenvalue weighted by molar-refractivity contribution is 0.338. The monoisotopic (exact) mass is 321 g/mol. The molecule has 5 heteroatoms. The van der Waals surface area contributed by atoms with Gasteiger partial charge in [-0.3, -0.25) is 9.97 Å². The Kier molecular flexibility index (Phi) is 4.87. The van der Waals surface area contributed by atoms with Gasteiger partial charge in [-0.25, -0.2) is 0 Å². The van der Waals surface area contributed by atoms with Crippen LogP contribution in [-0.2, 0) is 0 Å². The van der Waals surface area contributed by atoms with Crippen molar-refractivity contribution in [2.75, 3.05) is 13.7 Å². The summed E-state index contributed by atoms with van der Waals surface area (Å²) in [4.78, 5) is 8.64. The third-order valence-electron chi connectivity index (χ3n) is 2.71. The van der Waals surface area contributed by atoms with E-state index >= 15 is 0 Å². The number of hydrogen-bond donors (Lipinski definition) is 1. The molecular weight excluding hydrogens is 306 g/mol. The minimum absolute atomic E-state index is 0.000932. The van der Waals surface area contributed by atoms with Gasteiger partial charge in [0.1, 0.15) is 5.75 Å². The largest absolute Gasteiger partial charge is 0.492 e. The maximum atomic E-state index is 5.48. The summed E-state index contributed by atoms with van der Waals surface area (Å²) in [6.45, 7) is 2.59. The van der Waals surface area contributed by atoms with Gasteiger partial charge in [-0.15, -0.1) is 0 Å². The number of hydrogen-bond acceptors (Lipinski definition) is 4. The first-order valence-corrected chi connectivity index (χ1v) is 6.90. The predicted molar refractivity (Wildman–Crippen MR) is 78.2 cm³/mol. The van der Waals surface area contributed by atoms with E-state index in [4.69, 9.17) is 4.74 Å². The van der Waals surface area contributed by atoms with Gasteiger partial charge in [-0.05, 0) is 53.7 Å². The highest BCUT2D eigenvalue weighted by Crippen LogP contribution is 2.23. The van der Waals surface area contributed by atoms with E-state index in [0.717, 1.165) is 21.5 Å². The Morgan fingerprint density at radius 3 is 2.79 bits per heavy atom. The molecule has 2 aromatic heterocycles. The van der Waals surface area contributed by atoms with Crippen molar-refractivity contribution >= 4 is 15.9 Å².